The molecule has 7 nitrogen and oxygen atoms in total. The van der Waals surface area contributed by atoms with E-state index in [1.165, 1.54) is 0 Å². The van der Waals surface area contributed by atoms with Gasteiger partial charge in [-0.1, -0.05) is 12.1 Å². The number of carboxylic acids is 1. The van der Waals surface area contributed by atoms with Crippen molar-refractivity contribution in [3.8, 4) is 11.5 Å². The third-order valence-corrected chi connectivity index (χ3v) is 8.22. The highest BCUT2D eigenvalue weighted by Crippen LogP contribution is 2.50. The number of hydrogen-bond donors (Lipinski definition) is 1. The van der Waals surface area contributed by atoms with Crippen molar-refractivity contribution >= 4 is 40.1 Å². The summed E-state index contributed by atoms with van der Waals surface area (Å²) in [5.41, 5.74) is 5.46. The molecule has 1 heterocycles. The van der Waals surface area contributed by atoms with Crippen LogP contribution < -0.4 is 9.47 Å². The molecule has 2 aliphatic carbocycles. The summed E-state index contributed by atoms with van der Waals surface area (Å²) in [6, 6.07) is 10.4. The van der Waals surface area contributed by atoms with Gasteiger partial charge in [-0.3, -0.25) is 9.59 Å². The van der Waals surface area contributed by atoms with Crippen LogP contribution in [0.2, 0.25) is 0 Å². The SMILES string of the molecule is COc1cc(C2C3=C(CCCC3=O)N(C)C3=C2C(=O)CCC3)cc(I)c1OCc1ccc(C(=O)O)cc1. The molecular formula is C29H28INO6. The van der Waals surface area contributed by atoms with Gasteiger partial charge in [-0.05, 0) is 83.7 Å². The first-order chi connectivity index (χ1) is 17.8. The maximum atomic E-state index is 13.3. The fourth-order valence-corrected chi connectivity index (χ4v) is 6.41. The van der Waals surface area contributed by atoms with E-state index in [9.17, 15) is 14.4 Å². The first-order valence-electron chi connectivity index (χ1n) is 12.4. The van der Waals surface area contributed by atoms with Crippen molar-refractivity contribution < 1.29 is 29.0 Å². The van der Waals surface area contributed by atoms with Crippen LogP contribution in [-0.2, 0) is 16.2 Å². The van der Waals surface area contributed by atoms with Crippen LogP contribution in [0, 0.1) is 3.57 Å². The Morgan fingerprint density at radius 2 is 1.59 bits per heavy atom. The fraction of sp³-hybridized carbons (Fsp3) is 0.345. The minimum Gasteiger partial charge on any atom is -0.493 e. The molecule has 0 saturated carbocycles. The minimum absolute atomic E-state index is 0.113. The summed E-state index contributed by atoms with van der Waals surface area (Å²) >= 11 is 2.20. The summed E-state index contributed by atoms with van der Waals surface area (Å²) in [6.45, 7) is 0.238. The fourth-order valence-electron chi connectivity index (χ4n) is 5.63. The molecule has 8 heteroatoms. The van der Waals surface area contributed by atoms with Gasteiger partial charge in [0.25, 0.3) is 0 Å². The molecule has 37 heavy (non-hydrogen) atoms. The first-order valence-corrected chi connectivity index (χ1v) is 13.5. The van der Waals surface area contributed by atoms with E-state index in [1.807, 2.05) is 19.2 Å². The summed E-state index contributed by atoms with van der Waals surface area (Å²) in [4.78, 5) is 39.7. The van der Waals surface area contributed by atoms with E-state index < -0.39 is 11.9 Å². The van der Waals surface area contributed by atoms with Crippen molar-refractivity contribution in [2.24, 2.45) is 0 Å². The molecule has 0 atom stereocenters. The number of benzene rings is 2. The van der Waals surface area contributed by atoms with E-state index in [1.54, 1.807) is 31.4 Å². The number of carbonyl (C=O) groups excluding carboxylic acids is 2. The predicted octanol–water partition coefficient (Wildman–Crippen LogP) is 5.62. The van der Waals surface area contributed by atoms with E-state index in [0.717, 1.165) is 62.9 Å². The third kappa shape index (κ3) is 4.67. The Hall–Kier alpha value is -3.14. The zero-order valence-corrected chi connectivity index (χ0v) is 23.0. The highest BCUT2D eigenvalue weighted by atomic mass is 127. The second kappa shape index (κ2) is 10.3. The normalized spacial score (nSPS) is 18.1. The zero-order chi connectivity index (χ0) is 26.3. The van der Waals surface area contributed by atoms with Crippen LogP contribution >= 0.6 is 22.6 Å². The number of ether oxygens (including phenoxy) is 2. The van der Waals surface area contributed by atoms with Gasteiger partial charge in [0.05, 0.1) is 16.2 Å². The summed E-state index contributed by atoms with van der Waals surface area (Å²) in [6.07, 6.45) is 4.30. The van der Waals surface area contributed by atoms with Gasteiger partial charge >= 0.3 is 5.97 Å². The third-order valence-electron chi connectivity index (χ3n) is 7.41. The van der Waals surface area contributed by atoms with E-state index in [-0.39, 0.29) is 23.7 Å². The minimum atomic E-state index is -0.974. The monoisotopic (exact) mass is 613 g/mol. The Labute approximate surface area is 229 Å². The summed E-state index contributed by atoms with van der Waals surface area (Å²) in [7, 11) is 3.56. The number of allylic oxidation sites excluding steroid dienone is 4. The molecule has 0 amide bonds. The van der Waals surface area contributed by atoms with Gasteiger partial charge in [-0.15, -0.1) is 0 Å². The number of hydrogen-bond acceptors (Lipinski definition) is 6. The van der Waals surface area contributed by atoms with Crippen molar-refractivity contribution in [3.05, 3.63) is 79.2 Å². The van der Waals surface area contributed by atoms with Gasteiger partial charge < -0.3 is 19.5 Å². The number of rotatable bonds is 6. The van der Waals surface area contributed by atoms with Crippen LogP contribution in [0.5, 0.6) is 11.5 Å². The molecule has 0 saturated heterocycles. The molecule has 0 fully saturated rings. The number of methoxy groups -OCH3 is 1. The Morgan fingerprint density at radius 1 is 1.00 bits per heavy atom. The number of aromatic carboxylic acids is 1. The zero-order valence-electron chi connectivity index (χ0n) is 20.8. The quantitative estimate of drug-likeness (QED) is 0.423. The topological polar surface area (TPSA) is 93.1 Å². The van der Waals surface area contributed by atoms with Gasteiger partial charge in [0, 0.05) is 48.3 Å². The van der Waals surface area contributed by atoms with E-state index in [4.69, 9.17) is 14.6 Å². The molecule has 1 N–H and O–H groups in total. The summed E-state index contributed by atoms with van der Waals surface area (Å²) in [5.74, 6) is -0.0575. The molecular weight excluding hydrogens is 585 g/mol. The number of nitrogens with zero attached hydrogens (tertiary/aromatic N) is 1. The number of carbonyl (C=O) groups is 3. The Bertz CT molecular complexity index is 1310. The number of ketones is 2. The molecule has 0 unspecified atom stereocenters. The van der Waals surface area contributed by atoms with Gasteiger partial charge in [0.15, 0.2) is 23.1 Å². The second-order valence-electron chi connectivity index (χ2n) is 9.59. The van der Waals surface area contributed by atoms with Gasteiger partial charge in [0.2, 0.25) is 0 Å². The lowest BCUT2D eigenvalue weighted by atomic mass is 9.71. The van der Waals surface area contributed by atoms with Crippen LogP contribution in [0.4, 0.5) is 0 Å². The molecule has 0 spiro atoms. The average molecular weight is 613 g/mol. The Morgan fingerprint density at radius 3 is 2.14 bits per heavy atom. The average Bonchev–Trinajstić information content (AvgIpc) is 2.89. The highest BCUT2D eigenvalue weighted by Gasteiger charge is 2.42. The molecule has 0 aromatic heterocycles. The first kappa shape index (κ1) is 25.5. The highest BCUT2D eigenvalue weighted by molar-refractivity contribution is 14.1. The van der Waals surface area contributed by atoms with Gasteiger partial charge in [0.1, 0.15) is 6.61 Å². The van der Waals surface area contributed by atoms with Gasteiger partial charge in [-0.2, -0.15) is 0 Å². The van der Waals surface area contributed by atoms with E-state index in [2.05, 4.69) is 27.5 Å². The summed E-state index contributed by atoms with van der Waals surface area (Å²) in [5, 5.41) is 9.11. The van der Waals surface area contributed by atoms with Crippen LogP contribution in [-0.4, -0.2) is 41.7 Å². The van der Waals surface area contributed by atoms with Crippen molar-refractivity contribution in [1.82, 2.24) is 4.90 Å². The maximum Gasteiger partial charge on any atom is 0.335 e. The molecule has 0 bridgehead atoms. The van der Waals surface area contributed by atoms with Crippen LogP contribution in [0.1, 0.15) is 65.9 Å². The number of carboxylic acid groups (broad SMARTS) is 1. The standard InChI is InChI=1S/C29H28INO6/c1-31-20-5-3-7-22(32)26(20)25(27-21(31)6-4-8-23(27)33)18-13-19(30)28(24(14-18)36-2)37-15-16-9-11-17(12-10-16)29(34)35/h9-14,25H,3-8,15H2,1-2H3,(H,34,35). The van der Waals surface area contributed by atoms with E-state index in [0.29, 0.717) is 24.3 Å². The van der Waals surface area contributed by atoms with E-state index >= 15 is 0 Å². The van der Waals surface area contributed by atoms with Crippen molar-refractivity contribution in [2.75, 3.05) is 14.2 Å². The Kier molecular flexibility index (Phi) is 7.11. The predicted molar refractivity (Wildman–Crippen MR) is 146 cm³/mol. The molecule has 192 valence electrons. The van der Waals surface area contributed by atoms with Crippen LogP contribution in [0.3, 0.4) is 0 Å². The number of halogens is 1. The summed E-state index contributed by atoms with van der Waals surface area (Å²) < 4.78 is 12.6. The number of Topliss-reactive ketones (excluding diaryl/α,β-unsaturated/α-hetero) is 2. The smallest absolute Gasteiger partial charge is 0.335 e. The van der Waals surface area contributed by atoms with Crippen LogP contribution in [0.15, 0.2) is 58.9 Å². The molecule has 0 radical (unpaired) electrons. The maximum absolute atomic E-state index is 13.3. The molecule has 1 aliphatic heterocycles. The van der Waals surface area contributed by atoms with Crippen molar-refractivity contribution in [1.29, 1.82) is 0 Å². The largest absolute Gasteiger partial charge is 0.493 e. The second-order valence-corrected chi connectivity index (χ2v) is 10.8. The van der Waals surface area contributed by atoms with Gasteiger partial charge in [-0.25, -0.2) is 4.79 Å². The molecule has 2 aromatic rings. The molecule has 5 rings (SSSR count). The Balaban J connectivity index is 1.53. The lowest BCUT2D eigenvalue weighted by molar-refractivity contribution is -0.117. The van der Waals surface area contributed by atoms with Crippen LogP contribution in [0.25, 0.3) is 0 Å². The molecule has 3 aliphatic rings. The van der Waals surface area contributed by atoms with Crippen molar-refractivity contribution in [3.63, 3.8) is 0 Å². The molecule has 2 aromatic carbocycles. The lowest BCUT2D eigenvalue weighted by Crippen LogP contribution is -2.37. The van der Waals surface area contributed by atoms with Crippen molar-refractivity contribution in [2.45, 2.75) is 51.0 Å². The lowest BCUT2D eigenvalue weighted by Gasteiger charge is -2.42.